The van der Waals surface area contributed by atoms with Crippen LogP contribution in [-0.2, 0) is 9.53 Å². The maximum absolute atomic E-state index is 12.9. The third-order valence-corrected chi connectivity index (χ3v) is 5.26. The third-order valence-electron chi connectivity index (χ3n) is 5.26. The van der Waals surface area contributed by atoms with E-state index in [0.717, 1.165) is 6.42 Å². The van der Waals surface area contributed by atoms with Gasteiger partial charge < -0.3 is 19.4 Å². The van der Waals surface area contributed by atoms with E-state index in [9.17, 15) is 14.4 Å². The lowest BCUT2D eigenvalue weighted by Crippen LogP contribution is -2.43. The van der Waals surface area contributed by atoms with Gasteiger partial charge in [-0.05, 0) is 56.2 Å². The van der Waals surface area contributed by atoms with Crippen LogP contribution in [0.1, 0.15) is 40.8 Å². The van der Waals surface area contributed by atoms with Crippen LogP contribution in [0.2, 0.25) is 0 Å². The number of amides is 2. The molecular formula is C23H24N4O5. The summed E-state index contributed by atoms with van der Waals surface area (Å²) in [5.74, 6) is -0.870. The monoisotopic (exact) mass is 436 g/mol. The van der Waals surface area contributed by atoms with Gasteiger partial charge in [0.1, 0.15) is 0 Å². The number of nitrogens with one attached hydrogen (secondary N) is 1. The van der Waals surface area contributed by atoms with Gasteiger partial charge in [-0.25, -0.2) is 9.48 Å². The van der Waals surface area contributed by atoms with Crippen molar-refractivity contribution in [1.29, 1.82) is 0 Å². The molecule has 1 saturated heterocycles. The second-order valence-electron chi connectivity index (χ2n) is 7.47. The summed E-state index contributed by atoms with van der Waals surface area (Å²) in [5, 5.41) is 7.17. The van der Waals surface area contributed by atoms with Gasteiger partial charge in [0.25, 0.3) is 5.91 Å². The van der Waals surface area contributed by atoms with Crippen LogP contribution in [0.25, 0.3) is 5.69 Å². The first-order chi connectivity index (χ1) is 15.5. The van der Waals surface area contributed by atoms with Gasteiger partial charge in [-0.15, -0.1) is 0 Å². The van der Waals surface area contributed by atoms with E-state index in [2.05, 4.69) is 10.4 Å². The standard InChI is InChI=1S/C23H24N4O5/c1-2-31-23(30)19-10-12-27(25-19)18-8-3-7-17(14-18)24-21(28)16-6-4-11-26(15-16)22(29)20-9-5-13-32-20/h3,5,7-10,12-14,16H,2,4,6,11,15H2,1H3,(H,24,28)/t16-/m1/s1. The van der Waals surface area contributed by atoms with E-state index in [4.69, 9.17) is 9.15 Å². The predicted octanol–water partition coefficient (Wildman–Crippen LogP) is 3.13. The van der Waals surface area contributed by atoms with E-state index in [1.807, 2.05) is 6.07 Å². The molecule has 0 bridgehead atoms. The molecule has 2 aromatic heterocycles. The number of likely N-dealkylation sites (tertiary alicyclic amines) is 1. The number of ether oxygens (including phenoxy) is 1. The summed E-state index contributed by atoms with van der Waals surface area (Å²) in [6, 6.07) is 12.0. The number of hydrogen-bond donors (Lipinski definition) is 1. The van der Waals surface area contributed by atoms with Crippen molar-refractivity contribution in [2.45, 2.75) is 19.8 Å². The normalized spacial score (nSPS) is 15.9. The minimum absolute atomic E-state index is 0.147. The molecule has 9 nitrogen and oxygen atoms in total. The van der Waals surface area contributed by atoms with E-state index in [1.165, 1.54) is 6.26 Å². The Hall–Kier alpha value is -3.88. The van der Waals surface area contributed by atoms with E-state index in [0.29, 0.717) is 30.9 Å². The molecule has 0 unspecified atom stereocenters. The summed E-state index contributed by atoms with van der Waals surface area (Å²) < 4.78 is 11.7. The van der Waals surface area contributed by atoms with Crippen molar-refractivity contribution in [2.75, 3.05) is 25.0 Å². The van der Waals surface area contributed by atoms with Gasteiger partial charge in [0, 0.05) is 25.0 Å². The summed E-state index contributed by atoms with van der Waals surface area (Å²) in [6.45, 7) is 2.95. The SMILES string of the molecule is CCOC(=O)c1ccn(-c2cccc(NC(=O)[C@@H]3CCCN(C(=O)c4ccco4)C3)c2)n1. The summed E-state index contributed by atoms with van der Waals surface area (Å²) in [4.78, 5) is 38.9. The number of nitrogens with zero attached hydrogens (tertiary/aromatic N) is 3. The highest BCUT2D eigenvalue weighted by Gasteiger charge is 2.30. The van der Waals surface area contributed by atoms with Gasteiger partial charge in [0.15, 0.2) is 11.5 Å². The molecule has 3 aromatic rings. The quantitative estimate of drug-likeness (QED) is 0.595. The van der Waals surface area contributed by atoms with Crippen LogP contribution in [0.3, 0.4) is 0 Å². The Morgan fingerprint density at radius 3 is 2.88 bits per heavy atom. The fraction of sp³-hybridized carbons (Fsp3) is 0.304. The van der Waals surface area contributed by atoms with Gasteiger partial charge in [-0.2, -0.15) is 5.10 Å². The van der Waals surface area contributed by atoms with Gasteiger partial charge in [-0.1, -0.05) is 6.07 Å². The highest BCUT2D eigenvalue weighted by Crippen LogP contribution is 2.22. The molecule has 1 atom stereocenters. The smallest absolute Gasteiger partial charge is 0.358 e. The average Bonchev–Trinajstić information content (AvgIpc) is 3.52. The Labute approximate surface area is 184 Å². The maximum atomic E-state index is 12.9. The molecule has 0 radical (unpaired) electrons. The van der Waals surface area contributed by atoms with Gasteiger partial charge in [0.2, 0.25) is 5.91 Å². The van der Waals surface area contributed by atoms with E-state index < -0.39 is 5.97 Å². The Kier molecular flexibility index (Phi) is 6.34. The number of carbonyl (C=O) groups is 3. The average molecular weight is 436 g/mol. The number of esters is 1. The van der Waals surface area contributed by atoms with Crippen molar-refractivity contribution in [1.82, 2.24) is 14.7 Å². The summed E-state index contributed by atoms with van der Waals surface area (Å²) in [7, 11) is 0. The molecule has 3 heterocycles. The molecule has 0 saturated carbocycles. The van der Waals surface area contributed by atoms with Crippen LogP contribution in [0.15, 0.2) is 59.3 Å². The fourth-order valence-corrected chi connectivity index (χ4v) is 3.68. The number of anilines is 1. The second kappa shape index (κ2) is 9.51. The minimum atomic E-state index is -0.485. The van der Waals surface area contributed by atoms with Crippen molar-refractivity contribution in [3.8, 4) is 5.69 Å². The zero-order chi connectivity index (χ0) is 22.5. The van der Waals surface area contributed by atoms with Crippen LogP contribution in [0.4, 0.5) is 5.69 Å². The van der Waals surface area contributed by atoms with Crippen molar-refractivity contribution in [3.63, 3.8) is 0 Å². The lowest BCUT2D eigenvalue weighted by Gasteiger charge is -2.31. The Morgan fingerprint density at radius 2 is 2.09 bits per heavy atom. The first kappa shape index (κ1) is 21.4. The number of aromatic nitrogens is 2. The molecule has 1 aliphatic heterocycles. The Morgan fingerprint density at radius 1 is 1.22 bits per heavy atom. The largest absolute Gasteiger partial charge is 0.461 e. The van der Waals surface area contributed by atoms with Crippen LogP contribution >= 0.6 is 0 Å². The lowest BCUT2D eigenvalue weighted by molar-refractivity contribution is -0.121. The Balaban J connectivity index is 1.41. The number of carbonyl (C=O) groups excluding carboxylic acids is 3. The van der Waals surface area contributed by atoms with Crippen LogP contribution < -0.4 is 5.32 Å². The molecule has 1 aromatic carbocycles. The molecule has 2 amide bonds. The van der Waals surface area contributed by atoms with Crippen molar-refractivity contribution < 1.29 is 23.5 Å². The van der Waals surface area contributed by atoms with Gasteiger partial charge in [0.05, 0.1) is 24.5 Å². The zero-order valence-corrected chi connectivity index (χ0v) is 17.7. The first-order valence-electron chi connectivity index (χ1n) is 10.5. The maximum Gasteiger partial charge on any atom is 0.358 e. The van der Waals surface area contributed by atoms with Crippen LogP contribution in [0, 0.1) is 5.92 Å². The molecule has 1 aliphatic rings. The Bertz CT molecular complexity index is 1110. The van der Waals surface area contributed by atoms with Crippen LogP contribution in [-0.4, -0.2) is 52.2 Å². The molecular weight excluding hydrogens is 412 g/mol. The summed E-state index contributed by atoms with van der Waals surface area (Å²) in [6.07, 6.45) is 4.57. The van der Waals surface area contributed by atoms with Crippen molar-refractivity contribution in [3.05, 3.63) is 66.4 Å². The number of piperidine rings is 1. The third kappa shape index (κ3) is 4.72. The highest BCUT2D eigenvalue weighted by molar-refractivity contribution is 5.95. The molecule has 32 heavy (non-hydrogen) atoms. The molecule has 9 heteroatoms. The summed E-state index contributed by atoms with van der Waals surface area (Å²) >= 11 is 0. The fourth-order valence-electron chi connectivity index (χ4n) is 3.68. The van der Waals surface area contributed by atoms with Gasteiger partial charge >= 0.3 is 5.97 Å². The predicted molar refractivity (Wildman–Crippen MR) is 115 cm³/mol. The lowest BCUT2D eigenvalue weighted by atomic mass is 9.96. The van der Waals surface area contributed by atoms with Gasteiger partial charge in [-0.3, -0.25) is 9.59 Å². The molecule has 0 aliphatic carbocycles. The van der Waals surface area contributed by atoms with Crippen LogP contribution in [0.5, 0.6) is 0 Å². The molecule has 166 valence electrons. The molecule has 1 fully saturated rings. The topological polar surface area (TPSA) is 107 Å². The first-order valence-corrected chi connectivity index (χ1v) is 10.5. The van der Waals surface area contributed by atoms with E-state index in [-0.39, 0.29) is 35.8 Å². The number of hydrogen-bond acceptors (Lipinski definition) is 6. The highest BCUT2D eigenvalue weighted by atomic mass is 16.5. The number of rotatable bonds is 6. The van der Waals surface area contributed by atoms with Crippen molar-refractivity contribution in [2.24, 2.45) is 5.92 Å². The zero-order valence-electron chi connectivity index (χ0n) is 17.7. The second-order valence-corrected chi connectivity index (χ2v) is 7.47. The number of benzene rings is 1. The molecule has 0 spiro atoms. The molecule has 1 N–H and O–H groups in total. The number of furan rings is 1. The van der Waals surface area contributed by atoms with E-state index in [1.54, 1.807) is 59.1 Å². The van der Waals surface area contributed by atoms with Crippen molar-refractivity contribution >= 4 is 23.5 Å². The molecule has 4 rings (SSSR count). The van der Waals surface area contributed by atoms with E-state index >= 15 is 0 Å². The summed E-state index contributed by atoms with van der Waals surface area (Å²) in [5.41, 5.74) is 1.51. The minimum Gasteiger partial charge on any atom is -0.461 e.